The summed E-state index contributed by atoms with van der Waals surface area (Å²) in [7, 11) is 0. The molecular formula is C7H12O5. The lowest BCUT2D eigenvalue weighted by atomic mass is 10.4. The van der Waals surface area contributed by atoms with Crippen molar-refractivity contribution in [3.05, 3.63) is 0 Å². The van der Waals surface area contributed by atoms with Crippen LogP contribution in [0.5, 0.6) is 0 Å². The molecule has 0 aromatic rings. The van der Waals surface area contributed by atoms with Crippen LogP contribution in [0.15, 0.2) is 0 Å². The molecule has 0 atom stereocenters. The zero-order valence-corrected chi connectivity index (χ0v) is 7.16. The summed E-state index contributed by atoms with van der Waals surface area (Å²) in [6.45, 7) is 4.02. The first-order chi connectivity index (χ1) is 5.72. The molecule has 0 saturated carbocycles. The Kier molecular flexibility index (Phi) is 2.88. The summed E-state index contributed by atoms with van der Waals surface area (Å²) in [5.41, 5.74) is 0. The lowest BCUT2D eigenvalue weighted by molar-refractivity contribution is -0.0440. The minimum absolute atomic E-state index is 0.346. The van der Waals surface area contributed by atoms with Gasteiger partial charge in [-0.2, -0.15) is 9.78 Å². The highest BCUT2D eigenvalue weighted by molar-refractivity contribution is 5.60. The van der Waals surface area contributed by atoms with Crippen molar-refractivity contribution in [2.45, 2.75) is 32.7 Å². The van der Waals surface area contributed by atoms with Crippen LogP contribution in [0.25, 0.3) is 0 Å². The minimum atomic E-state index is -1.16. The summed E-state index contributed by atoms with van der Waals surface area (Å²) in [5.74, 6) is -1.16. The Hall–Kier alpha value is -0.810. The Morgan fingerprint density at radius 2 is 2.08 bits per heavy atom. The number of hydrogen-bond donors (Lipinski definition) is 0. The van der Waals surface area contributed by atoms with Crippen LogP contribution in [0, 0.1) is 0 Å². The van der Waals surface area contributed by atoms with E-state index < -0.39 is 12.1 Å². The molecule has 5 nitrogen and oxygen atoms in total. The first kappa shape index (κ1) is 9.28. The topological polar surface area (TPSA) is 60.6 Å². The van der Waals surface area contributed by atoms with Crippen LogP contribution in [0.1, 0.15) is 26.7 Å². The molecule has 1 fully saturated rings. The van der Waals surface area contributed by atoms with Crippen LogP contribution < -0.4 is 0 Å². The third kappa shape index (κ3) is 2.35. The van der Waals surface area contributed by atoms with Crippen molar-refractivity contribution in [2.75, 3.05) is 6.61 Å². The van der Waals surface area contributed by atoms with Crippen molar-refractivity contribution in [1.29, 1.82) is 0 Å². The van der Waals surface area contributed by atoms with Crippen molar-refractivity contribution < 1.29 is 24.0 Å². The highest BCUT2D eigenvalue weighted by Crippen LogP contribution is 2.34. The smallest absolute Gasteiger partial charge is 0.434 e. The molecule has 0 N–H and O–H groups in total. The van der Waals surface area contributed by atoms with E-state index in [-0.39, 0.29) is 0 Å². The lowest BCUT2D eigenvalue weighted by Gasteiger charge is -2.06. The third-order valence-electron chi connectivity index (χ3n) is 1.37. The average molecular weight is 176 g/mol. The summed E-state index contributed by atoms with van der Waals surface area (Å²) in [6.07, 6.45) is 0.459. The van der Waals surface area contributed by atoms with Crippen molar-refractivity contribution >= 4 is 6.16 Å². The van der Waals surface area contributed by atoms with Crippen molar-refractivity contribution in [3.63, 3.8) is 0 Å². The SMILES string of the molecule is CCCOC(=O)OC1(CC)OO1. The Morgan fingerprint density at radius 3 is 2.50 bits per heavy atom. The quantitative estimate of drug-likeness (QED) is 0.369. The van der Waals surface area contributed by atoms with Crippen LogP contribution in [-0.4, -0.2) is 18.7 Å². The van der Waals surface area contributed by atoms with Crippen molar-refractivity contribution in [1.82, 2.24) is 0 Å². The fraction of sp³-hybridized carbons (Fsp3) is 0.857. The predicted molar refractivity (Wildman–Crippen MR) is 37.9 cm³/mol. The molecule has 1 aliphatic rings. The molecule has 0 radical (unpaired) electrons. The van der Waals surface area contributed by atoms with Gasteiger partial charge in [0.2, 0.25) is 0 Å². The molecule has 0 aromatic carbocycles. The largest absolute Gasteiger partial charge is 0.512 e. The number of hydrogen-bond acceptors (Lipinski definition) is 5. The molecule has 1 rings (SSSR count). The summed E-state index contributed by atoms with van der Waals surface area (Å²) in [6, 6.07) is 0. The highest BCUT2D eigenvalue weighted by Gasteiger charge is 2.52. The maximum Gasteiger partial charge on any atom is 0.512 e. The molecule has 0 aliphatic carbocycles. The second kappa shape index (κ2) is 3.73. The molecule has 0 unspecified atom stereocenters. The molecule has 12 heavy (non-hydrogen) atoms. The molecule has 0 amide bonds. The molecule has 1 saturated heterocycles. The summed E-state index contributed by atoms with van der Waals surface area (Å²) >= 11 is 0. The van der Waals surface area contributed by atoms with Gasteiger partial charge in [0.1, 0.15) is 0 Å². The third-order valence-corrected chi connectivity index (χ3v) is 1.37. The van der Waals surface area contributed by atoms with Gasteiger partial charge in [-0.3, -0.25) is 0 Å². The first-order valence-electron chi connectivity index (χ1n) is 3.95. The standard InChI is InChI=1S/C7H12O5/c1-3-5-9-6(8)10-7(4-2)11-12-7/h3-5H2,1-2H3. The van der Waals surface area contributed by atoms with Gasteiger partial charge in [0.15, 0.2) is 0 Å². The van der Waals surface area contributed by atoms with Gasteiger partial charge >= 0.3 is 12.1 Å². The zero-order chi connectivity index (χ0) is 9.03. The second-order valence-electron chi connectivity index (χ2n) is 2.40. The van der Waals surface area contributed by atoms with Crippen LogP contribution in [0.3, 0.4) is 0 Å². The maximum absolute atomic E-state index is 10.8. The Balaban J connectivity index is 2.17. The predicted octanol–water partition coefficient (Wildman–Crippen LogP) is 1.58. The van der Waals surface area contributed by atoms with Crippen LogP contribution >= 0.6 is 0 Å². The van der Waals surface area contributed by atoms with E-state index in [9.17, 15) is 4.79 Å². The summed E-state index contributed by atoms with van der Waals surface area (Å²) < 4.78 is 9.34. The summed E-state index contributed by atoms with van der Waals surface area (Å²) in [5, 5.41) is 0. The number of rotatable bonds is 4. The first-order valence-corrected chi connectivity index (χ1v) is 3.95. The Bertz CT molecular complexity index is 163. The normalized spacial score (nSPS) is 18.5. The van der Waals surface area contributed by atoms with Gasteiger partial charge in [-0.15, -0.1) is 0 Å². The van der Waals surface area contributed by atoms with Gasteiger partial charge in [0.25, 0.3) is 0 Å². The van der Waals surface area contributed by atoms with Crippen LogP contribution in [0.4, 0.5) is 4.79 Å². The Labute approximate surface area is 70.5 Å². The van der Waals surface area contributed by atoms with Gasteiger partial charge in [-0.1, -0.05) is 13.8 Å². The molecular weight excluding hydrogens is 164 g/mol. The maximum atomic E-state index is 10.8. The monoisotopic (exact) mass is 176 g/mol. The van der Waals surface area contributed by atoms with E-state index in [0.717, 1.165) is 6.42 Å². The Morgan fingerprint density at radius 1 is 1.42 bits per heavy atom. The molecule has 5 heteroatoms. The van der Waals surface area contributed by atoms with E-state index >= 15 is 0 Å². The van der Waals surface area contributed by atoms with Crippen LogP contribution in [0.2, 0.25) is 0 Å². The van der Waals surface area contributed by atoms with E-state index in [4.69, 9.17) is 4.74 Å². The fourth-order valence-electron chi connectivity index (χ4n) is 0.612. The summed E-state index contributed by atoms with van der Waals surface area (Å²) in [4.78, 5) is 19.8. The van der Waals surface area contributed by atoms with Gasteiger partial charge in [0, 0.05) is 6.42 Å². The van der Waals surface area contributed by atoms with E-state index in [1.165, 1.54) is 0 Å². The van der Waals surface area contributed by atoms with Gasteiger partial charge in [-0.05, 0) is 6.42 Å². The van der Waals surface area contributed by atoms with E-state index in [1.807, 2.05) is 6.92 Å². The van der Waals surface area contributed by atoms with Gasteiger partial charge < -0.3 is 9.47 Å². The van der Waals surface area contributed by atoms with E-state index in [1.54, 1.807) is 6.92 Å². The van der Waals surface area contributed by atoms with E-state index in [0.29, 0.717) is 13.0 Å². The average Bonchev–Trinajstić information content (AvgIpc) is 2.82. The highest BCUT2D eigenvalue weighted by atomic mass is 17.5. The van der Waals surface area contributed by atoms with E-state index in [2.05, 4.69) is 14.5 Å². The molecule has 0 aromatic heterocycles. The minimum Gasteiger partial charge on any atom is -0.434 e. The number of ether oxygens (including phenoxy) is 2. The van der Waals surface area contributed by atoms with Crippen molar-refractivity contribution in [2.24, 2.45) is 0 Å². The van der Waals surface area contributed by atoms with Crippen molar-refractivity contribution in [3.8, 4) is 0 Å². The van der Waals surface area contributed by atoms with Crippen LogP contribution in [-0.2, 0) is 19.2 Å². The molecule has 70 valence electrons. The van der Waals surface area contributed by atoms with Gasteiger partial charge in [0.05, 0.1) is 6.61 Å². The van der Waals surface area contributed by atoms with Gasteiger partial charge in [-0.25, -0.2) is 4.79 Å². The molecule has 0 bridgehead atoms. The zero-order valence-electron chi connectivity index (χ0n) is 7.16. The number of carbonyl (C=O) groups excluding carboxylic acids is 1. The number of carbonyl (C=O) groups is 1. The molecule has 1 heterocycles. The molecule has 0 spiro atoms. The molecule has 1 aliphatic heterocycles. The lowest BCUT2D eigenvalue weighted by Crippen LogP contribution is -2.20. The fourth-order valence-corrected chi connectivity index (χ4v) is 0.612. The second-order valence-corrected chi connectivity index (χ2v) is 2.40.